The molecule has 0 atom stereocenters. The van der Waals surface area contributed by atoms with Crippen molar-refractivity contribution in [2.45, 2.75) is 19.8 Å². The predicted octanol–water partition coefficient (Wildman–Crippen LogP) is 2.25. The fourth-order valence-electron chi connectivity index (χ4n) is 2.13. The van der Waals surface area contributed by atoms with Crippen LogP contribution in [-0.4, -0.2) is 25.4 Å². The monoisotopic (exact) mass is 247 g/mol. The molecule has 2 rings (SSSR count). The number of aromatic carboxylic acids is 1. The van der Waals surface area contributed by atoms with E-state index in [2.05, 4.69) is 18.9 Å². The second-order valence-electron chi connectivity index (χ2n) is 4.72. The smallest absolute Gasteiger partial charge is 0.352 e. The highest BCUT2D eigenvalue weighted by atomic mass is 16.4. The molecule has 5 nitrogen and oxygen atoms in total. The lowest BCUT2D eigenvalue weighted by atomic mass is 10.0. The molecular weight excluding hydrogens is 230 g/mol. The number of aromatic nitrogens is 3. The SMILES string of the molecule is CC(C)c1nn(C)cc1-c1ccc(C(=O)O)n1C. The summed E-state index contributed by atoms with van der Waals surface area (Å²) in [5.41, 5.74) is 3.13. The van der Waals surface area contributed by atoms with Crippen LogP contribution >= 0.6 is 0 Å². The summed E-state index contributed by atoms with van der Waals surface area (Å²) in [5, 5.41) is 13.5. The minimum atomic E-state index is -0.918. The molecule has 0 aromatic carbocycles. The summed E-state index contributed by atoms with van der Waals surface area (Å²) in [5.74, 6) is -0.622. The van der Waals surface area contributed by atoms with Crippen molar-refractivity contribution in [3.8, 4) is 11.3 Å². The first-order chi connectivity index (χ1) is 8.41. The molecule has 0 radical (unpaired) electrons. The molecule has 0 fully saturated rings. The van der Waals surface area contributed by atoms with E-state index in [9.17, 15) is 4.79 Å². The van der Waals surface area contributed by atoms with Gasteiger partial charge in [-0.3, -0.25) is 4.68 Å². The molecule has 0 aliphatic carbocycles. The van der Waals surface area contributed by atoms with Crippen molar-refractivity contribution in [2.75, 3.05) is 0 Å². The lowest BCUT2D eigenvalue weighted by molar-refractivity contribution is 0.0687. The number of aryl methyl sites for hydroxylation is 1. The van der Waals surface area contributed by atoms with E-state index in [1.165, 1.54) is 0 Å². The average Bonchev–Trinajstić information content (AvgIpc) is 2.81. The quantitative estimate of drug-likeness (QED) is 0.904. The fraction of sp³-hybridized carbons (Fsp3) is 0.385. The van der Waals surface area contributed by atoms with Gasteiger partial charge in [0, 0.05) is 25.9 Å². The number of nitrogens with zero attached hydrogens (tertiary/aromatic N) is 3. The van der Waals surface area contributed by atoms with Crippen LogP contribution in [0.1, 0.15) is 35.9 Å². The van der Waals surface area contributed by atoms with Gasteiger partial charge < -0.3 is 9.67 Å². The van der Waals surface area contributed by atoms with Gasteiger partial charge in [-0.2, -0.15) is 5.10 Å². The number of carbonyl (C=O) groups is 1. The minimum Gasteiger partial charge on any atom is -0.477 e. The van der Waals surface area contributed by atoms with E-state index in [4.69, 9.17) is 5.11 Å². The summed E-state index contributed by atoms with van der Waals surface area (Å²) >= 11 is 0. The fourth-order valence-corrected chi connectivity index (χ4v) is 2.13. The maximum absolute atomic E-state index is 11.0. The molecule has 0 spiro atoms. The molecule has 5 heteroatoms. The summed E-state index contributed by atoms with van der Waals surface area (Å²) in [6, 6.07) is 3.45. The van der Waals surface area contributed by atoms with Crippen LogP contribution in [0, 0.1) is 0 Å². The number of hydrogen-bond acceptors (Lipinski definition) is 2. The molecule has 2 heterocycles. The second-order valence-corrected chi connectivity index (χ2v) is 4.72. The van der Waals surface area contributed by atoms with E-state index in [0.717, 1.165) is 17.0 Å². The van der Waals surface area contributed by atoms with Gasteiger partial charge in [0.2, 0.25) is 0 Å². The third-order valence-corrected chi connectivity index (χ3v) is 3.02. The van der Waals surface area contributed by atoms with Gasteiger partial charge in [0.25, 0.3) is 0 Å². The van der Waals surface area contributed by atoms with E-state index in [1.54, 1.807) is 22.4 Å². The Morgan fingerprint density at radius 3 is 2.50 bits per heavy atom. The Morgan fingerprint density at radius 1 is 1.33 bits per heavy atom. The maximum Gasteiger partial charge on any atom is 0.352 e. The van der Waals surface area contributed by atoms with Gasteiger partial charge in [0.15, 0.2) is 0 Å². The molecule has 1 N–H and O–H groups in total. The Bertz CT molecular complexity index is 593. The van der Waals surface area contributed by atoms with Gasteiger partial charge in [0.1, 0.15) is 5.69 Å². The zero-order valence-corrected chi connectivity index (χ0v) is 11.0. The van der Waals surface area contributed by atoms with Gasteiger partial charge in [-0.05, 0) is 18.1 Å². The van der Waals surface area contributed by atoms with E-state index in [0.29, 0.717) is 5.92 Å². The highest BCUT2D eigenvalue weighted by Crippen LogP contribution is 2.29. The topological polar surface area (TPSA) is 60.1 Å². The van der Waals surface area contributed by atoms with Crippen molar-refractivity contribution in [2.24, 2.45) is 14.1 Å². The minimum absolute atomic E-state index is 0.281. The molecule has 2 aromatic rings. The van der Waals surface area contributed by atoms with Crippen molar-refractivity contribution in [1.29, 1.82) is 0 Å². The molecular formula is C13H17N3O2. The van der Waals surface area contributed by atoms with Crippen LogP contribution in [0.3, 0.4) is 0 Å². The zero-order valence-electron chi connectivity index (χ0n) is 11.0. The van der Waals surface area contributed by atoms with Crippen LogP contribution in [-0.2, 0) is 14.1 Å². The van der Waals surface area contributed by atoms with Crippen LogP contribution < -0.4 is 0 Å². The standard InChI is InChI=1S/C13H17N3O2/c1-8(2)12-9(7-15(3)14-12)10-5-6-11(13(17)18)16(10)4/h5-8H,1-4H3,(H,17,18). The van der Waals surface area contributed by atoms with Crippen LogP contribution in [0.5, 0.6) is 0 Å². The van der Waals surface area contributed by atoms with Gasteiger partial charge in [-0.15, -0.1) is 0 Å². The van der Waals surface area contributed by atoms with Crippen molar-refractivity contribution in [3.05, 3.63) is 29.7 Å². The Kier molecular flexibility index (Phi) is 2.98. The molecule has 0 saturated carbocycles. The number of rotatable bonds is 3. The van der Waals surface area contributed by atoms with E-state index in [1.807, 2.05) is 19.3 Å². The number of hydrogen-bond donors (Lipinski definition) is 1. The summed E-state index contributed by atoms with van der Waals surface area (Å²) < 4.78 is 3.45. The van der Waals surface area contributed by atoms with E-state index >= 15 is 0 Å². The Labute approximate surface area is 106 Å². The van der Waals surface area contributed by atoms with Gasteiger partial charge in [-0.1, -0.05) is 13.8 Å². The highest BCUT2D eigenvalue weighted by Gasteiger charge is 2.18. The predicted molar refractivity (Wildman–Crippen MR) is 68.7 cm³/mol. The Hall–Kier alpha value is -2.04. The van der Waals surface area contributed by atoms with Crippen molar-refractivity contribution < 1.29 is 9.90 Å². The van der Waals surface area contributed by atoms with E-state index < -0.39 is 5.97 Å². The lowest BCUT2D eigenvalue weighted by Gasteiger charge is -2.07. The van der Waals surface area contributed by atoms with Crippen molar-refractivity contribution in [3.63, 3.8) is 0 Å². The molecule has 96 valence electrons. The van der Waals surface area contributed by atoms with Gasteiger partial charge in [-0.25, -0.2) is 4.79 Å². The summed E-state index contributed by atoms with van der Waals surface area (Å²) in [6.45, 7) is 4.15. The Morgan fingerprint density at radius 2 is 2.00 bits per heavy atom. The molecule has 0 unspecified atom stereocenters. The van der Waals surface area contributed by atoms with Gasteiger partial charge >= 0.3 is 5.97 Å². The van der Waals surface area contributed by atoms with Crippen LogP contribution in [0.4, 0.5) is 0 Å². The average molecular weight is 247 g/mol. The first-order valence-electron chi connectivity index (χ1n) is 5.84. The highest BCUT2D eigenvalue weighted by molar-refractivity contribution is 5.87. The summed E-state index contributed by atoms with van der Waals surface area (Å²) in [7, 11) is 3.63. The number of carboxylic acids is 1. The van der Waals surface area contributed by atoms with E-state index in [-0.39, 0.29) is 5.69 Å². The molecule has 0 bridgehead atoms. The largest absolute Gasteiger partial charge is 0.477 e. The van der Waals surface area contributed by atoms with Crippen LogP contribution in [0.25, 0.3) is 11.3 Å². The molecule has 0 amide bonds. The molecule has 18 heavy (non-hydrogen) atoms. The molecule has 0 saturated heterocycles. The lowest BCUT2D eigenvalue weighted by Crippen LogP contribution is -2.05. The first kappa shape index (κ1) is 12.4. The Balaban J connectivity index is 2.59. The maximum atomic E-state index is 11.0. The normalized spacial score (nSPS) is 11.2. The van der Waals surface area contributed by atoms with Crippen molar-refractivity contribution >= 4 is 5.97 Å². The summed E-state index contributed by atoms with van der Waals surface area (Å²) in [6.07, 6.45) is 1.93. The zero-order chi connectivity index (χ0) is 13.4. The number of carboxylic acid groups (broad SMARTS) is 1. The molecule has 2 aromatic heterocycles. The molecule has 0 aliphatic rings. The molecule has 0 aliphatic heterocycles. The third-order valence-electron chi connectivity index (χ3n) is 3.02. The third kappa shape index (κ3) is 1.92. The second kappa shape index (κ2) is 4.33. The van der Waals surface area contributed by atoms with Gasteiger partial charge in [0.05, 0.1) is 11.4 Å². The first-order valence-corrected chi connectivity index (χ1v) is 5.84. The van der Waals surface area contributed by atoms with Crippen LogP contribution in [0.15, 0.2) is 18.3 Å². The summed E-state index contributed by atoms with van der Waals surface area (Å²) in [4.78, 5) is 11.0. The van der Waals surface area contributed by atoms with Crippen molar-refractivity contribution in [1.82, 2.24) is 14.3 Å². The van der Waals surface area contributed by atoms with Crippen LogP contribution in [0.2, 0.25) is 0 Å².